The monoisotopic (exact) mass is 552 g/mol. The maximum absolute atomic E-state index is 13.9. The van der Waals surface area contributed by atoms with Crippen LogP contribution in [0.5, 0.6) is 5.75 Å². The van der Waals surface area contributed by atoms with Crippen LogP contribution in [0.3, 0.4) is 0 Å². The van der Waals surface area contributed by atoms with Crippen LogP contribution in [0.15, 0.2) is 36.5 Å². The predicted octanol–water partition coefficient (Wildman–Crippen LogP) is 4.26. The van der Waals surface area contributed by atoms with Crippen LogP contribution in [-0.2, 0) is 26.1 Å². The summed E-state index contributed by atoms with van der Waals surface area (Å²) >= 11 is 0. The van der Waals surface area contributed by atoms with Crippen LogP contribution < -0.4 is 9.64 Å². The molecule has 2 aliphatic rings. The third-order valence-corrected chi connectivity index (χ3v) is 7.61. The van der Waals surface area contributed by atoms with Crippen LogP contribution in [0.4, 0.5) is 10.5 Å². The third-order valence-electron chi connectivity index (χ3n) is 7.61. The first-order chi connectivity index (χ1) is 18.8. The Morgan fingerprint density at radius 3 is 2.55 bits per heavy atom. The lowest BCUT2D eigenvalue weighted by atomic mass is 9.88. The molecule has 4 rings (SSSR count). The van der Waals surface area contributed by atoms with Crippen LogP contribution in [0.2, 0.25) is 0 Å². The van der Waals surface area contributed by atoms with E-state index >= 15 is 0 Å². The molecule has 0 radical (unpaired) electrons. The van der Waals surface area contributed by atoms with Gasteiger partial charge < -0.3 is 24.0 Å². The van der Waals surface area contributed by atoms with E-state index in [9.17, 15) is 9.59 Å². The summed E-state index contributed by atoms with van der Waals surface area (Å²) < 4.78 is 16.5. The highest BCUT2D eigenvalue weighted by atomic mass is 16.6. The van der Waals surface area contributed by atoms with Gasteiger partial charge in [0.15, 0.2) is 0 Å². The largest absolute Gasteiger partial charge is 0.497 e. The quantitative estimate of drug-likeness (QED) is 0.508. The SMILES string of the molecule is COC[C@H]1CN(C(=O)OC(C)(C)C)[C@H](C)CN1CC(=O)N1CC(C)(C)c2cnc(Cc3cccc(OC)c3)cc21. The molecule has 2 atom stereocenters. The number of anilines is 1. The Balaban J connectivity index is 1.52. The van der Waals surface area contributed by atoms with Gasteiger partial charge in [-0.3, -0.25) is 14.7 Å². The van der Waals surface area contributed by atoms with Crippen molar-refractivity contribution in [1.29, 1.82) is 0 Å². The summed E-state index contributed by atoms with van der Waals surface area (Å²) in [5.41, 5.74) is 3.22. The fourth-order valence-corrected chi connectivity index (χ4v) is 5.60. The fraction of sp³-hybridized carbons (Fsp3) is 0.581. The number of ether oxygens (including phenoxy) is 3. The Bertz CT molecular complexity index is 1220. The molecule has 218 valence electrons. The van der Waals surface area contributed by atoms with Crippen LogP contribution in [0.1, 0.15) is 58.4 Å². The number of amides is 2. The van der Waals surface area contributed by atoms with Crippen molar-refractivity contribution in [3.05, 3.63) is 53.3 Å². The number of methoxy groups -OCH3 is 2. The van der Waals surface area contributed by atoms with Crippen molar-refractivity contribution in [3.63, 3.8) is 0 Å². The minimum atomic E-state index is -0.573. The summed E-state index contributed by atoms with van der Waals surface area (Å²) in [6.45, 7) is 14.1. The van der Waals surface area contributed by atoms with Crippen molar-refractivity contribution in [2.24, 2.45) is 0 Å². The van der Waals surface area contributed by atoms with Crippen molar-refractivity contribution in [2.75, 3.05) is 51.9 Å². The highest BCUT2D eigenvalue weighted by molar-refractivity contribution is 5.97. The van der Waals surface area contributed by atoms with Crippen molar-refractivity contribution in [1.82, 2.24) is 14.8 Å². The van der Waals surface area contributed by atoms with Gasteiger partial charge in [-0.25, -0.2) is 4.79 Å². The van der Waals surface area contributed by atoms with Gasteiger partial charge in [-0.2, -0.15) is 0 Å². The van der Waals surface area contributed by atoms with Gasteiger partial charge in [0.05, 0.1) is 32.0 Å². The second-order valence-electron chi connectivity index (χ2n) is 12.6. The van der Waals surface area contributed by atoms with Gasteiger partial charge in [0.25, 0.3) is 0 Å². The molecule has 2 amide bonds. The van der Waals surface area contributed by atoms with E-state index in [4.69, 9.17) is 19.2 Å². The number of piperazine rings is 1. The van der Waals surface area contributed by atoms with E-state index in [0.29, 0.717) is 32.7 Å². The van der Waals surface area contributed by atoms with Gasteiger partial charge in [0.1, 0.15) is 11.4 Å². The lowest BCUT2D eigenvalue weighted by Crippen LogP contribution is -2.62. The molecule has 0 aliphatic carbocycles. The average molecular weight is 553 g/mol. The molecule has 1 saturated heterocycles. The maximum Gasteiger partial charge on any atom is 0.410 e. The van der Waals surface area contributed by atoms with Gasteiger partial charge in [-0.15, -0.1) is 0 Å². The molecule has 0 N–H and O–H groups in total. The molecule has 2 aromatic rings. The van der Waals surface area contributed by atoms with E-state index < -0.39 is 5.60 Å². The molecule has 1 aromatic heterocycles. The number of fused-ring (bicyclic) bond motifs is 1. The van der Waals surface area contributed by atoms with E-state index in [1.54, 1.807) is 19.1 Å². The summed E-state index contributed by atoms with van der Waals surface area (Å²) in [6, 6.07) is 9.80. The number of carbonyl (C=O) groups is 2. The molecule has 1 fully saturated rings. The van der Waals surface area contributed by atoms with Crippen molar-refractivity contribution < 1.29 is 23.8 Å². The molecule has 2 aliphatic heterocycles. The van der Waals surface area contributed by atoms with Crippen LogP contribution in [-0.4, -0.2) is 91.5 Å². The molecule has 0 bridgehead atoms. The normalized spacial score (nSPS) is 20.8. The van der Waals surface area contributed by atoms with Crippen LogP contribution in [0, 0.1) is 0 Å². The number of carbonyl (C=O) groups excluding carboxylic acids is 2. The second kappa shape index (κ2) is 11.7. The number of nitrogens with zero attached hydrogens (tertiary/aromatic N) is 4. The summed E-state index contributed by atoms with van der Waals surface area (Å²) in [5, 5.41) is 0. The first kappa shape index (κ1) is 29.8. The van der Waals surface area contributed by atoms with E-state index in [1.807, 2.05) is 57.0 Å². The number of hydrogen-bond donors (Lipinski definition) is 0. The Labute approximate surface area is 238 Å². The summed E-state index contributed by atoms with van der Waals surface area (Å²) in [4.78, 5) is 37.3. The van der Waals surface area contributed by atoms with E-state index in [1.165, 1.54) is 0 Å². The number of rotatable bonds is 7. The highest BCUT2D eigenvalue weighted by Crippen LogP contribution is 2.40. The predicted molar refractivity (Wildman–Crippen MR) is 155 cm³/mol. The number of hydrogen-bond acceptors (Lipinski definition) is 7. The standard InChI is InChI=1S/C31H44N4O5/c1-21-16-33(24(19-38-7)17-34(21)29(37)40-30(2,3)4)18-28(36)35-20-31(5,6)26-15-32-23(14-27(26)35)12-22-10-9-11-25(13-22)39-8/h9-11,13-15,21,24H,12,16-20H2,1-8H3/t21-,24-/m1/s1. The van der Waals surface area contributed by atoms with Gasteiger partial charge in [-0.1, -0.05) is 26.0 Å². The first-order valence-corrected chi connectivity index (χ1v) is 14.0. The summed E-state index contributed by atoms with van der Waals surface area (Å²) in [5.74, 6) is 0.840. The Kier molecular flexibility index (Phi) is 8.75. The van der Waals surface area contributed by atoms with Gasteiger partial charge in [0.2, 0.25) is 5.91 Å². The number of benzene rings is 1. The Hall–Kier alpha value is -3.17. The minimum absolute atomic E-state index is 0.0318. The third kappa shape index (κ3) is 6.75. The molecule has 40 heavy (non-hydrogen) atoms. The molecule has 3 heterocycles. The zero-order valence-electron chi connectivity index (χ0n) is 25.2. The summed E-state index contributed by atoms with van der Waals surface area (Å²) in [7, 11) is 3.31. The molecule has 1 aromatic carbocycles. The first-order valence-electron chi connectivity index (χ1n) is 14.0. The molecular formula is C31H44N4O5. The van der Waals surface area contributed by atoms with E-state index in [2.05, 4.69) is 30.9 Å². The second-order valence-corrected chi connectivity index (χ2v) is 12.6. The molecule has 0 spiro atoms. The van der Waals surface area contributed by atoms with Crippen molar-refractivity contribution in [3.8, 4) is 5.75 Å². The zero-order chi connectivity index (χ0) is 29.2. The highest BCUT2D eigenvalue weighted by Gasteiger charge is 2.41. The lowest BCUT2D eigenvalue weighted by molar-refractivity contribution is -0.121. The molecule has 0 saturated carbocycles. The summed E-state index contributed by atoms with van der Waals surface area (Å²) in [6.07, 6.45) is 2.24. The maximum atomic E-state index is 13.9. The van der Waals surface area contributed by atoms with Crippen LogP contribution in [0.25, 0.3) is 0 Å². The topological polar surface area (TPSA) is 84.4 Å². The van der Waals surface area contributed by atoms with E-state index in [-0.39, 0.29) is 36.0 Å². The number of pyridine rings is 1. The smallest absolute Gasteiger partial charge is 0.410 e. The van der Waals surface area contributed by atoms with Gasteiger partial charge in [0, 0.05) is 62.1 Å². The van der Waals surface area contributed by atoms with E-state index in [0.717, 1.165) is 28.3 Å². The number of aromatic nitrogens is 1. The molecule has 0 unspecified atom stereocenters. The molecular weight excluding hydrogens is 508 g/mol. The minimum Gasteiger partial charge on any atom is -0.497 e. The molecule has 9 nitrogen and oxygen atoms in total. The Morgan fingerprint density at radius 1 is 1.12 bits per heavy atom. The van der Waals surface area contributed by atoms with Crippen molar-refractivity contribution in [2.45, 2.75) is 71.1 Å². The Morgan fingerprint density at radius 2 is 1.88 bits per heavy atom. The average Bonchev–Trinajstić information content (AvgIpc) is 3.14. The van der Waals surface area contributed by atoms with Gasteiger partial charge >= 0.3 is 6.09 Å². The lowest BCUT2D eigenvalue weighted by Gasteiger charge is -2.45. The molecule has 9 heteroatoms. The zero-order valence-corrected chi connectivity index (χ0v) is 25.2. The van der Waals surface area contributed by atoms with Crippen molar-refractivity contribution >= 4 is 17.7 Å². The fourth-order valence-electron chi connectivity index (χ4n) is 5.60. The van der Waals surface area contributed by atoms with Gasteiger partial charge in [-0.05, 0) is 51.5 Å². The van der Waals surface area contributed by atoms with Crippen LogP contribution >= 0.6 is 0 Å².